The highest BCUT2D eigenvalue weighted by Gasteiger charge is 2.59. The van der Waals surface area contributed by atoms with Crippen molar-refractivity contribution in [3.8, 4) is 5.75 Å². The summed E-state index contributed by atoms with van der Waals surface area (Å²) in [5, 5.41) is 0. The highest BCUT2D eigenvalue weighted by Crippen LogP contribution is 2.60. The Labute approximate surface area is 214 Å². The van der Waals surface area contributed by atoms with E-state index in [1.54, 1.807) is 7.11 Å². The van der Waals surface area contributed by atoms with Gasteiger partial charge in [0.15, 0.2) is 0 Å². The van der Waals surface area contributed by atoms with Gasteiger partial charge in [-0.2, -0.15) is 0 Å². The van der Waals surface area contributed by atoms with Gasteiger partial charge in [0.05, 0.1) is 13.5 Å². The molecule has 2 saturated heterocycles. The van der Waals surface area contributed by atoms with Crippen LogP contribution in [0.4, 0.5) is 0 Å². The maximum Gasteiger partial charge on any atom is 0.226 e. The van der Waals surface area contributed by atoms with E-state index >= 15 is 0 Å². The van der Waals surface area contributed by atoms with Gasteiger partial charge in [0.25, 0.3) is 0 Å². The standard InChI is InChI=1S/C30H37N3O3/c1-36-26-11-5-9-25(21-26)22-28(34)32-15-12-30(13-16-32)23-27(30)29(35)33-19-17-31(18-20-33)14-6-10-24-7-3-2-4-8-24/h2-11,21,27H,12-20,22-23H2,1H3/b10-6+/t27-/m1/s1. The Kier molecular flexibility index (Phi) is 7.42. The fourth-order valence-electron chi connectivity index (χ4n) is 5.79. The smallest absolute Gasteiger partial charge is 0.226 e. The predicted octanol–water partition coefficient (Wildman–Crippen LogP) is 3.72. The average molecular weight is 488 g/mol. The first-order valence-corrected chi connectivity index (χ1v) is 13.2. The summed E-state index contributed by atoms with van der Waals surface area (Å²) in [7, 11) is 1.64. The third kappa shape index (κ3) is 5.65. The van der Waals surface area contributed by atoms with Gasteiger partial charge >= 0.3 is 0 Å². The summed E-state index contributed by atoms with van der Waals surface area (Å²) in [6.07, 6.45) is 7.65. The van der Waals surface area contributed by atoms with Crippen molar-refractivity contribution in [2.24, 2.45) is 11.3 Å². The van der Waals surface area contributed by atoms with E-state index in [9.17, 15) is 9.59 Å². The van der Waals surface area contributed by atoms with Crippen LogP contribution in [0.25, 0.3) is 6.08 Å². The van der Waals surface area contributed by atoms with Crippen LogP contribution < -0.4 is 4.74 Å². The van der Waals surface area contributed by atoms with Gasteiger partial charge in [-0.15, -0.1) is 0 Å². The third-order valence-corrected chi connectivity index (χ3v) is 8.25. The Morgan fingerprint density at radius 3 is 2.42 bits per heavy atom. The SMILES string of the molecule is COc1cccc(CC(=O)N2CCC3(CC2)C[C@@H]3C(=O)N2CCN(C/C=C/c3ccccc3)CC2)c1. The van der Waals surface area contributed by atoms with Crippen molar-refractivity contribution in [2.75, 3.05) is 52.9 Å². The van der Waals surface area contributed by atoms with Crippen LogP contribution in [0.5, 0.6) is 5.75 Å². The maximum absolute atomic E-state index is 13.3. The van der Waals surface area contributed by atoms with E-state index in [1.807, 2.05) is 35.2 Å². The number of benzene rings is 2. The normalized spacial score (nSPS) is 21.6. The number of ether oxygens (including phenoxy) is 1. The zero-order valence-electron chi connectivity index (χ0n) is 21.3. The molecule has 2 amide bonds. The van der Waals surface area contributed by atoms with E-state index in [2.05, 4.69) is 46.2 Å². The number of rotatable bonds is 7. The van der Waals surface area contributed by atoms with Crippen molar-refractivity contribution in [1.82, 2.24) is 14.7 Å². The molecule has 2 aromatic rings. The second-order valence-electron chi connectivity index (χ2n) is 10.5. The Morgan fingerprint density at radius 1 is 0.944 bits per heavy atom. The van der Waals surface area contributed by atoms with E-state index in [1.165, 1.54) is 5.56 Å². The molecule has 1 aliphatic carbocycles. The molecule has 0 bridgehead atoms. The zero-order chi connectivity index (χ0) is 25.0. The van der Waals surface area contributed by atoms with Crippen LogP contribution in [0.1, 0.15) is 30.4 Å². The molecule has 0 N–H and O–H groups in total. The van der Waals surface area contributed by atoms with Crippen molar-refractivity contribution in [1.29, 1.82) is 0 Å². The topological polar surface area (TPSA) is 53.1 Å². The Bertz CT molecular complexity index is 1080. The number of hydrogen-bond donors (Lipinski definition) is 0. The number of likely N-dealkylation sites (tertiary alicyclic amines) is 1. The molecule has 0 unspecified atom stereocenters. The summed E-state index contributed by atoms with van der Waals surface area (Å²) in [5.41, 5.74) is 2.33. The monoisotopic (exact) mass is 487 g/mol. The first-order chi connectivity index (χ1) is 17.6. The first-order valence-electron chi connectivity index (χ1n) is 13.2. The highest BCUT2D eigenvalue weighted by atomic mass is 16.5. The minimum atomic E-state index is 0.124. The molecule has 1 saturated carbocycles. The number of nitrogens with zero attached hydrogens (tertiary/aromatic N) is 3. The molecule has 3 aliphatic rings. The minimum absolute atomic E-state index is 0.124. The van der Waals surface area contributed by atoms with Gasteiger partial charge in [0, 0.05) is 51.7 Å². The predicted molar refractivity (Wildman–Crippen MR) is 142 cm³/mol. The lowest BCUT2D eigenvalue weighted by Crippen LogP contribution is -2.49. The van der Waals surface area contributed by atoms with Crippen molar-refractivity contribution >= 4 is 17.9 Å². The van der Waals surface area contributed by atoms with Gasteiger partial charge in [0.2, 0.25) is 11.8 Å². The van der Waals surface area contributed by atoms with E-state index in [0.29, 0.717) is 12.3 Å². The molecule has 1 spiro atoms. The molecule has 0 radical (unpaired) electrons. The molecule has 2 aliphatic heterocycles. The molecule has 1 atom stereocenters. The third-order valence-electron chi connectivity index (χ3n) is 8.25. The van der Waals surface area contributed by atoms with E-state index in [0.717, 1.165) is 76.4 Å². The van der Waals surface area contributed by atoms with Crippen LogP contribution in [0.3, 0.4) is 0 Å². The van der Waals surface area contributed by atoms with Crippen LogP contribution in [-0.4, -0.2) is 79.4 Å². The summed E-state index contributed by atoms with van der Waals surface area (Å²) < 4.78 is 5.27. The van der Waals surface area contributed by atoms with E-state index in [4.69, 9.17) is 4.74 Å². The average Bonchev–Trinajstić information content (AvgIpc) is 3.62. The van der Waals surface area contributed by atoms with E-state index in [-0.39, 0.29) is 17.2 Å². The lowest BCUT2D eigenvalue weighted by Gasteiger charge is -2.36. The molecular weight excluding hydrogens is 450 g/mol. The molecule has 2 heterocycles. The number of hydrogen-bond acceptors (Lipinski definition) is 4. The molecule has 6 heteroatoms. The van der Waals surface area contributed by atoms with Crippen molar-refractivity contribution < 1.29 is 14.3 Å². The quantitative estimate of drug-likeness (QED) is 0.597. The lowest BCUT2D eigenvalue weighted by molar-refractivity contribution is -0.135. The Hall–Kier alpha value is -3.12. The second kappa shape index (κ2) is 10.9. The molecule has 36 heavy (non-hydrogen) atoms. The number of amides is 2. The molecule has 0 aromatic heterocycles. The number of piperazine rings is 1. The van der Waals surface area contributed by atoms with Crippen molar-refractivity contribution in [3.05, 3.63) is 71.8 Å². The van der Waals surface area contributed by atoms with Crippen LogP contribution in [0, 0.1) is 11.3 Å². The zero-order valence-corrected chi connectivity index (χ0v) is 21.3. The van der Waals surface area contributed by atoms with Crippen LogP contribution >= 0.6 is 0 Å². The highest BCUT2D eigenvalue weighted by molar-refractivity contribution is 5.83. The number of carbonyl (C=O) groups excluding carboxylic acids is 2. The molecule has 5 rings (SSSR count). The molecular formula is C30H37N3O3. The van der Waals surface area contributed by atoms with Crippen molar-refractivity contribution in [3.63, 3.8) is 0 Å². The number of piperidine rings is 1. The molecule has 2 aromatic carbocycles. The van der Waals surface area contributed by atoms with Gasteiger partial charge in [-0.1, -0.05) is 54.6 Å². The molecule has 3 fully saturated rings. The van der Waals surface area contributed by atoms with Crippen LogP contribution in [-0.2, 0) is 16.0 Å². The Balaban J connectivity index is 1.04. The fourth-order valence-corrected chi connectivity index (χ4v) is 5.79. The summed E-state index contributed by atoms with van der Waals surface area (Å²) in [4.78, 5) is 32.6. The van der Waals surface area contributed by atoms with Crippen LogP contribution in [0.15, 0.2) is 60.7 Å². The van der Waals surface area contributed by atoms with Gasteiger partial charge < -0.3 is 14.5 Å². The summed E-state index contributed by atoms with van der Waals surface area (Å²) in [5.74, 6) is 1.43. The lowest BCUT2D eigenvalue weighted by atomic mass is 9.90. The molecule has 190 valence electrons. The summed E-state index contributed by atoms with van der Waals surface area (Å²) in [6.45, 7) is 5.92. The number of methoxy groups -OCH3 is 1. The maximum atomic E-state index is 13.3. The van der Waals surface area contributed by atoms with Crippen LogP contribution in [0.2, 0.25) is 0 Å². The Morgan fingerprint density at radius 2 is 1.69 bits per heavy atom. The molecule has 6 nitrogen and oxygen atoms in total. The van der Waals surface area contributed by atoms with Crippen molar-refractivity contribution in [2.45, 2.75) is 25.7 Å². The second-order valence-corrected chi connectivity index (χ2v) is 10.5. The first kappa shape index (κ1) is 24.6. The van der Waals surface area contributed by atoms with Gasteiger partial charge in [-0.25, -0.2) is 0 Å². The van der Waals surface area contributed by atoms with E-state index < -0.39 is 0 Å². The minimum Gasteiger partial charge on any atom is -0.497 e. The fraction of sp³-hybridized carbons (Fsp3) is 0.467. The van der Waals surface area contributed by atoms with Gasteiger partial charge in [-0.3, -0.25) is 14.5 Å². The largest absolute Gasteiger partial charge is 0.497 e. The summed E-state index contributed by atoms with van der Waals surface area (Å²) >= 11 is 0. The number of carbonyl (C=O) groups is 2. The van der Waals surface area contributed by atoms with Gasteiger partial charge in [0.1, 0.15) is 5.75 Å². The summed E-state index contributed by atoms with van der Waals surface area (Å²) in [6, 6.07) is 18.1. The van der Waals surface area contributed by atoms with Gasteiger partial charge in [-0.05, 0) is 47.9 Å².